The minimum atomic E-state index is -1.12. The van der Waals surface area contributed by atoms with Crippen molar-refractivity contribution in [3.8, 4) is 0 Å². The topological polar surface area (TPSA) is 63.6 Å². The number of benzene rings is 1. The first-order valence-electron chi connectivity index (χ1n) is 6.63. The van der Waals surface area contributed by atoms with Crippen LogP contribution >= 0.6 is 11.3 Å². The Balaban J connectivity index is 0.000000369. The summed E-state index contributed by atoms with van der Waals surface area (Å²) in [6.45, 7) is 2.31. The normalized spacial score (nSPS) is 9.38. The molecule has 0 amide bonds. The fourth-order valence-electron chi connectivity index (χ4n) is 1.46. The van der Waals surface area contributed by atoms with Gasteiger partial charge in [-0.3, -0.25) is 0 Å². The molecule has 0 unspecified atom stereocenters. The van der Waals surface area contributed by atoms with Gasteiger partial charge in [-0.25, -0.2) is 9.59 Å². The first-order valence-corrected chi connectivity index (χ1v) is 7.57. The van der Waals surface area contributed by atoms with E-state index in [-0.39, 0.29) is 11.1 Å². The van der Waals surface area contributed by atoms with Crippen molar-refractivity contribution in [2.75, 3.05) is 6.61 Å². The van der Waals surface area contributed by atoms with E-state index in [1.807, 2.05) is 29.8 Å². The molecule has 0 atom stereocenters. The molecular weight excluding hydrogens is 288 g/mol. The molecule has 2 rings (SSSR count). The lowest BCUT2D eigenvalue weighted by atomic mass is 10.1. The Morgan fingerprint density at radius 3 is 2.19 bits per heavy atom. The van der Waals surface area contributed by atoms with E-state index in [9.17, 15) is 9.59 Å². The van der Waals surface area contributed by atoms with Crippen LogP contribution in [0.1, 0.15) is 40.5 Å². The molecule has 1 aromatic heterocycles. The zero-order valence-corrected chi connectivity index (χ0v) is 12.6. The maximum Gasteiger partial charge on any atom is 0.339 e. The smallest absolute Gasteiger partial charge is 0.339 e. The number of hydrogen-bond acceptors (Lipinski definition) is 4. The minimum absolute atomic E-state index is 0.0241. The molecule has 112 valence electrons. The van der Waals surface area contributed by atoms with Gasteiger partial charge in [0.25, 0.3) is 0 Å². The molecule has 0 aliphatic heterocycles. The fourth-order valence-corrected chi connectivity index (χ4v) is 1.91. The van der Waals surface area contributed by atoms with Crippen LogP contribution in [0, 0.1) is 0 Å². The van der Waals surface area contributed by atoms with Crippen molar-refractivity contribution < 1.29 is 19.4 Å². The van der Waals surface area contributed by atoms with Crippen molar-refractivity contribution >= 4 is 23.3 Å². The van der Waals surface area contributed by atoms with E-state index >= 15 is 0 Å². The summed E-state index contributed by atoms with van der Waals surface area (Å²) in [6, 6.07) is 10.1. The van der Waals surface area contributed by atoms with Gasteiger partial charge < -0.3 is 9.84 Å². The third-order valence-electron chi connectivity index (χ3n) is 2.53. The van der Waals surface area contributed by atoms with Gasteiger partial charge in [0.1, 0.15) is 0 Å². The van der Waals surface area contributed by atoms with Crippen LogP contribution in [0.3, 0.4) is 0 Å². The summed E-state index contributed by atoms with van der Waals surface area (Å²) in [5.74, 6) is -1.70. The van der Waals surface area contributed by atoms with Gasteiger partial charge >= 0.3 is 11.9 Å². The highest BCUT2D eigenvalue weighted by molar-refractivity contribution is 7.07. The van der Waals surface area contributed by atoms with E-state index in [1.54, 1.807) is 23.5 Å². The molecule has 0 spiro atoms. The predicted molar refractivity (Wildman–Crippen MR) is 82.9 cm³/mol. The highest BCUT2D eigenvalue weighted by Gasteiger charge is 2.16. The Hall–Kier alpha value is -2.14. The summed E-state index contributed by atoms with van der Waals surface area (Å²) in [5, 5.41) is 13.0. The molecule has 1 N–H and O–H groups in total. The lowest BCUT2D eigenvalue weighted by Gasteiger charge is -2.06. The summed E-state index contributed by atoms with van der Waals surface area (Å²) >= 11 is 1.71. The van der Waals surface area contributed by atoms with Crippen LogP contribution < -0.4 is 0 Å². The van der Waals surface area contributed by atoms with Crippen LogP contribution in [0.25, 0.3) is 0 Å². The number of carboxylic acid groups (broad SMARTS) is 1. The Morgan fingerprint density at radius 2 is 1.71 bits per heavy atom. The summed E-state index contributed by atoms with van der Waals surface area (Å²) < 4.78 is 4.96. The maximum atomic E-state index is 11.6. The molecule has 1 aromatic carbocycles. The number of esters is 1. The SMILES string of the molecule is CCCCOC(=O)c1ccccc1C(=O)O.c1ccsc1. The zero-order chi connectivity index (χ0) is 15.5. The van der Waals surface area contributed by atoms with Crippen LogP contribution in [-0.4, -0.2) is 23.7 Å². The molecule has 0 saturated carbocycles. The Morgan fingerprint density at radius 1 is 1.10 bits per heavy atom. The minimum Gasteiger partial charge on any atom is -0.478 e. The van der Waals surface area contributed by atoms with Crippen LogP contribution in [-0.2, 0) is 4.74 Å². The first-order chi connectivity index (χ1) is 10.2. The third kappa shape index (κ3) is 6.23. The number of unbranched alkanes of at least 4 members (excludes halogenated alkanes) is 1. The first kappa shape index (κ1) is 16.9. The second kappa shape index (κ2) is 9.72. The number of ether oxygens (including phenoxy) is 1. The number of rotatable bonds is 5. The quantitative estimate of drug-likeness (QED) is 0.667. The summed E-state index contributed by atoms with van der Waals surface area (Å²) in [6.07, 6.45) is 1.70. The second-order valence-corrected chi connectivity index (χ2v) is 4.95. The van der Waals surface area contributed by atoms with Crippen LogP contribution in [0.5, 0.6) is 0 Å². The van der Waals surface area contributed by atoms with E-state index in [2.05, 4.69) is 0 Å². The number of carboxylic acids is 1. The largest absolute Gasteiger partial charge is 0.478 e. The number of carbonyl (C=O) groups excluding carboxylic acids is 1. The van der Waals surface area contributed by atoms with Gasteiger partial charge in [0.2, 0.25) is 0 Å². The van der Waals surface area contributed by atoms with Gasteiger partial charge in [0.15, 0.2) is 0 Å². The Kier molecular flexibility index (Phi) is 7.82. The van der Waals surface area contributed by atoms with Crippen molar-refractivity contribution in [1.82, 2.24) is 0 Å². The lowest BCUT2D eigenvalue weighted by Crippen LogP contribution is -2.12. The highest BCUT2D eigenvalue weighted by atomic mass is 32.1. The van der Waals surface area contributed by atoms with Crippen LogP contribution in [0.15, 0.2) is 47.2 Å². The number of hydrogen-bond donors (Lipinski definition) is 1. The van der Waals surface area contributed by atoms with Crippen LogP contribution in [0.2, 0.25) is 0 Å². The van der Waals surface area contributed by atoms with Gasteiger partial charge in [-0.15, -0.1) is 0 Å². The molecule has 5 heteroatoms. The van der Waals surface area contributed by atoms with Gasteiger partial charge in [-0.1, -0.05) is 37.6 Å². The van der Waals surface area contributed by atoms with Gasteiger partial charge in [0.05, 0.1) is 17.7 Å². The molecule has 0 aliphatic carbocycles. The van der Waals surface area contributed by atoms with Crippen LogP contribution in [0.4, 0.5) is 0 Å². The standard InChI is InChI=1S/C12H14O4.C4H4S/c1-2-3-8-16-12(15)10-7-5-4-6-9(10)11(13)14;1-2-4-5-3-1/h4-7H,2-3,8H2,1H3,(H,13,14);1-4H. The number of thiophene rings is 1. The summed E-state index contributed by atoms with van der Waals surface area (Å²) in [4.78, 5) is 22.4. The molecular formula is C16H18O4S. The molecule has 0 bridgehead atoms. The molecule has 0 fully saturated rings. The van der Waals surface area contributed by atoms with Crippen molar-refractivity contribution in [1.29, 1.82) is 0 Å². The summed E-state index contributed by atoms with van der Waals surface area (Å²) in [5.41, 5.74) is 0.0788. The molecule has 21 heavy (non-hydrogen) atoms. The average Bonchev–Trinajstić information content (AvgIpc) is 3.07. The number of carbonyl (C=O) groups is 2. The van der Waals surface area contributed by atoms with E-state index in [1.165, 1.54) is 12.1 Å². The second-order valence-electron chi connectivity index (χ2n) is 4.13. The van der Waals surface area contributed by atoms with E-state index in [0.29, 0.717) is 6.61 Å². The Bertz CT molecular complexity index is 532. The highest BCUT2D eigenvalue weighted by Crippen LogP contribution is 2.10. The van der Waals surface area contributed by atoms with Gasteiger partial charge in [0, 0.05) is 0 Å². The average molecular weight is 306 g/mol. The molecule has 0 aliphatic rings. The molecule has 4 nitrogen and oxygen atoms in total. The molecule has 2 aromatic rings. The van der Waals surface area contributed by atoms with E-state index in [0.717, 1.165) is 12.8 Å². The predicted octanol–water partition coefficient (Wildman–Crippen LogP) is 4.09. The third-order valence-corrected chi connectivity index (χ3v) is 3.16. The van der Waals surface area contributed by atoms with Crippen molar-refractivity contribution in [2.45, 2.75) is 19.8 Å². The van der Waals surface area contributed by atoms with Crippen molar-refractivity contribution in [2.24, 2.45) is 0 Å². The fraction of sp³-hybridized carbons (Fsp3) is 0.250. The lowest BCUT2D eigenvalue weighted by molar-refractivity contribution is 0.0489. The van der Waals surface area contributed by atoms with E-state index in [4.69, 9.17) is 9.84 Å². The van der Waals surface area contributed by atoms with Gasteiger partial charge in [-0.2, -0.15) is 11.3 Å². The monoisotopic (exact) mass is 306 g/mol. The summed E-state index contributed by atoms with van der Waals surface area (Å²) in [7, 11) is 0. The Labute approximate surface area is 128 Å². The maximum absolute atomic E-state index is 11.6. The van der Waals surface area contributed by atoms with Gasteiger partial charge in [-0.05, 0) is 29.3 Å². The van der Waals surface area contributed by atoms with Crippen molar-refractivity contribution in [3.63, 3.8) is 0 Å². The van der Waals surface area contributed by atoms with E-state index < -0.39 is 11.9 Å². The zero-order valence-electron chi connectivity index (χ0n) is 11.8. The number of aromatic carboxylic acids is 1. The van der Waals surface area contributed by atoms with Crippen molar-refractivity contribution in [3.05, 3.63) is 58.3 Å². The molecule has 0 saturated heterocycles. The molecule has 1 heterocycles. The molecule has 0 radical (unpaired) electrons.